The van der Waals surface area contributed by atoms with Gasteiger partial charge in [-0.3, -0.25) is 0 Å². The summed E-state index contributed by atoms with van der Waals surface area (Å²) < 4.78 is 7.03. The van der Waals surface area contributed by atoms with Gasteiger partial charge in [0.05, 0.1) is 7.11 Å². The number of benzene rings is 1. The molecule has 0 fully saturated rings. The lowest BCUT2D eigenvalue weighted by molar-refractivity contribution is 0.371. The molecule has 0 radical (unpaired) electrons. The van der Waals surface area contributed by atoms with Crippen LogP contribution >= 0.6 is 0 Å². The predicted molar refractivity (Wildman–Crippen MR) is 72.0 cm³/mol. The van der Waals surface area contributed by atoms with Crippen LogP contribution in [0.3, 0.4) is 0 Å². The topological polar surface area (TPSA) is 66.0 Å². The minimum atomic E-state index is -0.0131. The van der Waals surface area contributed by atoms with Crippen LogP contribution in [-0.4, -0.2) is 21.9 Å². The molecule has 2 N–H and O–H groups in total. The standard InChI is InChI=1S/C14H18N4O/c1-19-11-7-5-10(6-8-11)9-13-16-14-4-2-3-12(15)18(14)17-13/h5-8,12H,2-4,9,15H2,1H3. The normalized spacial score (nSPS) is 18.1. The zero-order chi connectivity index (χ0) is 13.2. The third kappa shape index (κ3) is 2.46. The van der Waals surface area contributed by atoms with Crippen molar-refractivity contribution in [2.24, 2.45) is 5.73 Å². The second kappa shape index (κ2) is 5.01. The van der Waals surface area contributed by atoms with Crippen LogP contribution in [0, 0.1) is 0 Å². The molecule has 0 amide bonds. The van der Waals surface area contributed by atoms with E-state index in [1.165, 1.54) is 5.56 Å². The van der Waals surface area contributed by atoms with E-state index in [1.54, 1.807) is 7.11 Å². The maximum Gasteiger partial charge on any atom is 0.155 e. The third-order valence-corrected chi connectivity index (χ3v) is 3.48. The van der Waals surface area contributed by atoms with Crippen molar-refractivity contribution < 1.29 is 4.74 Å². The van der Waals surface area contributed by atoms with Crippen molar-refractivity contribution in [3.8, 4) is 5.75 Å². The van der Waals surface area contributed by atoms with Crippen LogP contribution in [0.15, 0.2) is 24.3 Å². The van der Waals surface area contributed by atoms with Crippen LogP contribution in [0.5, 0.6) is 5.75 Å². The molecule has 1 aliphatic heterocycles. The minimum absolute atomic E-state index is 0.0131. The Morgan fingerprint density at radius 2 is 2.16 bits per heavy atom. The van der Waals surface area contributed by atoms with Crippen LogP contribution in [0.1, 0.15) is 36.2 Å². The van der Waals surface area contributed by atoms with Crippen molar-refractivity contribution >= 4 is 0 Å². The molecule has 1 aliphatic rings. The van der Waals surface area contributed by atoms with Gasteiger partial charge in [-0.15, -0.1) is 0 Å². The fourth-order valence-corrected chi connectivity index (χ4v) is 2.43. The molecule has 0 bridgehead atoms. The minimum Gasteiger partial charge on any atom is -0.497 e. The maximum absolute atomic E-state index is 6.03. The first kappa shape index (κ1) is 12.2. The van der Waals surface area contributed by atoms with Crippen molar-refractivity contribution in [3.63, 3.8) is 0 Å². The van der Waals surface area contributed by atoms with E-state index in [-0.39, 0.29) is 6.17 Å². The molecule has 0 saturated carbocycles. The van der Waals surface area contributed by atoms with Crippen molar-refractivity contribution in [2.45, 2.75) is 31.8 Å². The summed E-state index contributed by atoms with van der Waals surface area (Å²) in [5.74, 6) is 2.72. The summed E-state index contributed by atoms with van der Waals surface area (Å²) in [7, 11) is 1.67. The van der Waals surface area contributed by atoms with Gasteiger partial charge >= 0.3 is 0 Å². The summed E-state index contributed by atoms with van der Waals surface area (Å²) in [6.45, 7) is 0. The maximum atomic E-state index is 6.03. The summed E-state index contributed by atoms with van der Waals surface area (Å²) >= 11 is 0. The Morgan fingerprint density at radius 3 is 2.84 bits per heavy atom. The van der Waals surface area contributed by atoms with E-state index in [2.05, 4.69) is 10.1 Å². The fraction of sp³-hybridized carbons (Fsp3) is 0.429. The molecule has 1 aromatic heterocycles. The van der Waals surface area contributed by atoms with E-state index >= 15 is 0 Å². The number of nitrogens with zero attached hydrogens (tertiary/aromatic N) is 3. The van der Waals surface area contributed by atoms with Crippen molar-refractivity contribution in [2.75, 3.05) is 7.11 Å². The molecule has 0 saturated heterocycles. The molecular weight excluding hydrogens is 240 g/mol. The average Bonchev–Trinajstić information content (AvgIpc) is 2.84. The SMILES string of the molecule is COc1ccc(Cc2nc3n(n2)C(N)CCC3)cc1. The molecule has 1 unspecified atom stereocenters. The molecule has 100 valence electrons. The number of ether oxygens (including phenoxy) is 1. The Balaban J connectivity index is 1.79. The van der Waals surface area contributed by atoms with Gasteiger partial charge in [0.25, 0.3) is 0 Å². The summed E-state index contributed by atoms with van der Waals surface area (Å²) in [6.07, 6.45) is 3.78. The van der Waals surface area contributed by atoms with E-state index in [1.807, 2.05) is 28.9 Å². The Bertz CT molecular complexity index is 561. The van der Waals surface area contributed by atoms with Crippen LogP contribution < -0.4 is 10.5 Å². The van der Waals surface area contributed by atoms with E-state index < -0.39 is 0 Å². The summed E-state index contributed by atoms with van der Waals surface area (Å²) in [5, 5.41) is 4.52. The lowest BCUT2D eigenvalue weighted by Crippen LogP contribution is -2.25. The Hall–Kier alpha value is -1.88. The Morgan fingerprint density at radius 1 is 1.37 bits per heavy atom. The van der Waals surface area contributed by atoms with E-state index in [0.29, 0.717) is 0 Å². The number of hydrogen-bond acceptors (Lipinski definition) is 4. The second-order valence-corrected chi connectivity index (χ2v) is 4.87. The van der Waals surface area contributed by atoms with E-state index in [0.717, 1.165) is 43.1 Å². The fourth-order valence-electron chi connectivity index (χ4n) is 2.43. The van der Waals surface area contributed by atoms with Crippen molar-refractivity contribution in [1.29, 1.82) is 0 Å². The van der Waals surface area contributed by atoms with Gasteiger partial charge in [-0.2, -0.15) is 5.10 Å². The predicted octanol–water partition coefficient (Wildman–Crippen LogP) is 1.67. The highest BCUT2D eigenvalue weighted by Crippen LogP contribution is 2.20. The van der Waals surface area contributed by atoms with Crippen LogP contribution in [0.25, 0.3) is 0 Å². The highest BCUT2D eigenvalue weighted by atomic mass is 16.5. The molecule has 3 rings (SSSR count). The molecule has 19 heavy (non-hydrogen) atoms. The monoisotopic (exact) mass is 258 g/mol. The molecular formula is C14H18N4O. The molecule has 0 aliphatic carbocycles. The number of nitrogens with two attached hydrogens (primary N) is 1. The Labute approximate surface area is 112 Å². The highest BCUT2D eigenvalue weighted by Gasteiger charge is 2.19. The highest BCUT2D eigenvalue weighted by molar-refractivity contribution is 5.28. The Kier molecular flexibility index (Phi) is 3.21. The number of fused-ring (bicyclic) bond motifs is 1. The summed E-state index contributed by atoms with van der Waals surface area (Å²) in [4.78, 5) is 4.58. The third-order valence-electron chi connectivity index (χ3n) is 3.48. The number of aromatic nitrogens is 3. The van der Waals surface area contributed by atoms with Gasteiger partial charge in [0.1, 0.15) is 17.7 Å². The number of hydrogen-bond donors (Lipinski definition) is 1. The molecule has 2 aromatic rings. The quantitative estimate of drug-likeness (QED) is 0.909. The smallest absolute Gasteiger partial charge is 0.155 e. The van der Waals surface area contributed by atoms with Crippen molar-refractivity contribution in [1.82, 2.24) is 14.8 Å². The number of aryl methyl sites for hydroxylation is 1. The number of rotatable bonds is 3. The van der Waals surface area contributed by atoms with Gasteiger partial charge in [-0.05, 0) is 30.5 Å². The lowest BCUT2D eigenvalue weighted by atomic mass is 10.1. The zero-order valence-corrected chi connectivity index (χ0v) is 11.0. The first-order valence-corrected chi connectivity index (χ1v) is 6.59. The van der Waals surface area contributed by atoms with Gasteiger partial charge in [0.2, 0.25) is 0 Å². The van der Waals surface area contributed by atoms with E-state index in [4.69, 9.17) is 10.5 Å². The molecule has 2 heterocycles. The molecule has 1 aromatic carbocycles. The molecule has 0 spiro atoms. The van der Waals surface area contributed by atoms with Gasteiger partial charge in [0, 0.05) is 12.8 Å². The first-order chi connectivity index (χ1) is 9.26. The molecule has 1 atom stereocenters. The molecule has 5 nitrogen and oxygen atoms in total. The van der Waals surface area contributed by atoms with E-state index in [9.17, 15) is 0 Å². The zero-order valence-electron chi connectivity index (χ0n) is 11.0. The van der Waals surface area contributed by atoms with Gasteiger partial charge in [-0.25, -0.2) is 9.67 Å². The van der Waals surface area contributed by atoms with Gasteiger partial charge in [-0.1, -0.05) is 12.1 Å². The summed E-state index contributed by atoms with van der Waals surface area (Å²) in [6, 6.07) is 7.99. The average molecular weight is 258 g/mol. The van der Waals surface area contributed by atoms with Crippen LogP contribution in [0.4, 0.5) is 0 Å². The van der Waals surface area contributed by atoms with Crippen molar-refractivity contribution in [3.05, 3.63) is 41.5 Å². The largest absolute Gasteiger partial charge is 0.497 e. The van der Waals surface area contributed by atoms with Gasteiger partial charge in [0.15, 0.2) is 5.82 Å². The molecule has 5 heteroatoms. The first-order valence-electron chi connectivity index (χ1n) is 6.59. The lowest BCUT2D eigenvalue weighted by Gasteiger charge is -2.18. The van der Waals surface area contributed by atoms with Crippen LogP contribution in [-0.2, 0) is 12.8 Å². The van der Waals surface area contributed by atoms with Crippen LogP contribution in [0.2, 0.25) is 0 Å². The number of methoxy groups -OCH3 is 1. The second-order valence-electron chi connectivity index (χ2n) is 4.87. The van der Waals surface area contributed by atoms with Gasteiger partial charge < -0.3 is 10.5 Å². The summed E-state index contributed by atoms with van der Waals surface area (Å²) in [5.41, 5.74) is 7.21.